The van der Waals surface area contributed by atoms with Crippen molar-refractivity contribution in [2.24, 2.45) is 0 Å². The van der Waals surface area contributed by atoms with E-state index in [0.29, 0.717) is 11.4 Å². The van der Waals surface area contributed by atoms with E-state index in [1.54, 1.807) is 54.6 Å². The molecule has 0 heterocycles. The molecule has 3 aromatic carbocycles. The normalized spacial score (nSPS) is 11.0. The molecule has 0 bridgehead atoms. The van der Waals surface area contributed by atoms with Gasteiger partial charge in [0.1, 0.15) is 11.6 Å². The van der Waals surface area contributed by atoms with Gasteiger partial charge in [-0.3, -0.25) is 9.10 Å². The van der Waals surface area contributed by atoms with E-state index in [1.165, 1.54) is 35.6 Å². The van der Waals surface area contributed by atoms with Gasteiger partial charge in [-0.15, -0.1) is 0 Å². The first-order valence-corrected chi connectivity index (χ1v) is 10.6. The number of amides is 1. The van der Waals surface area contributed by atoms with Crippen LogP contribution in [0.2, 0.25) is 0 Å². The minimum absolute atomic E-state index is 0.196. The van der Waals surface area contributed by atoms with E-state index in [-0.39, 0.29) is 29.8 Å². The predicted molar refractivity (Wildman–Crippen MR) is 112 cm³/mol. The van der Waals surface area contributed by atoms with Crippen molar-refractivity contribution in [3.63, 3.8) is 0 Å². The molecule has 3 rings (SSSR count). The van der Waals surface area contributed by atoms with Crippen LogP contribution in [0.15, 0.2) is 83.8 Å². The molecule has 0 aromatic heterocycles. The second kappa shape index (κ2) is 9.41. The fourth-order valence-corrected chi connectivity index (χ4v) is 3.86. The van der Waals surface area contributed by atoms with Gasteiger partial charge in [0, 0.05) is 13.6 Å². The van der Waals surface area contributed by atoms with Gasteiger partial charge in [0.25, 0.3) is 15.9 Å². The van der Waals surface area contributed by atoms with E-state index in [4.69, 9.17) is 4.74 Å². The zero-order valence-electron chi connectivity index (χ0n) is 16.3. The molecular formula is C22H21FN2O4S. The van der Waals surface area contributed by atoms with E-state index in [0.717, 1.165) is 5.56 Å². The van der Waals surface area contributed by atoms with Crippen LogP contribution in [-0.2, 0) is 21.4 Å². The monoisotopic (exact) mass is 428 g/mol. The van der Waals surface area contributed by atoms with Gasteiger partial charge >= 0.3 is 0 Å². The third kappa shape index (κ3) is 5.36. The molecule has 0 aliphatic rings. The van der Waals surface area contributed by atoms with Crippen LogP contribution >= 0.6 is 0 Å². The fraction of sp³-hybridized carbons (Fsp3) is 0.136. The molecule has 0 radical (unpaired) electrons. The van der Waals surface area contributed by atoms with Crippen LogP contribution in [-0.4, -0.2) is 28.0 Å². The lowest BCUT2D eigenvalue weighted by Gasteiger charge is -2.19. The van der Waals surface area contributed by atoms with E-state index >= 15 is 0 Å². The maximum Gasteiger partial charge on any atom is 0.264 e. The lowest BCUT2D eigenvalue weighted by molar-refractivity contribution is -0.123. The summed E-state index contributed by atoms with van der Waals surface area (Å²) in [7, 11) is -2.19. The summed E-state index contributed by atoms with van der Waals surface area (Å²) >= 11 is 0. The number of carbonyl (C=O) groups is 1. The number of nitrogens with zero attached hydrogens (tertiary/aromatic N) is 1. The van der Waals surface area contributed by atoms with Gasteiger partial charge in [0.15, 0.2) is 6.61 Å². The second-order valence-electron chi connectivity index (χ2n) is 6.47. The Morgan fingerprint density at radius 2 is 1.60 bits per heavy atom. The van der Waals surface area contributed by atoms with Crippen LogP contribution in [0.5, 0.6) is 5.75 Å². The molecule has 1 N–H and O–H groups in total. The molecule has 0 aliphatic heterocycles. The van der Waals surface area contributed by atoms with Crippen LogP contribution in [0, 0.1) is 5.82 Å². The first kappa shape index (κ1) is 21.3. The van der Waals surface area contributed by atoms with Gasteiger partial charge in [0.05, 0.1) is 10.6 Å². The minimum Gasteiger partial charge on any atom is -0.484 e. The zero-order chi connectivity index (χ0) is 21.6. The number of anilines is 1. The van der Waals surface area contributed by atoms with Gasteiger partial charge in [-0.25, -0.2) is 12.8 Å². The number of ether oxygens (including phenoxy) is 1. The Morgan fingerprint density at radius 1 is 0.967 bits per heavy atom. The highest BCUT2D eigenvalue weighted by Crippen LogP contribution is 2.24. The highest BCUT2D eigenvalue weighted by molar-refractivity contribution is 7.92. The third-order valence-corrected chi connectivity index (χ3v) is 6.17. The molecule has 3 aromatic rings. The SMILES string of the molecule is CN(c1ccc(OCC(=O)NCc2ccc(F)cc2)cc1)S(=O)(=O)c1ccccc1. The summed E-state index contributed by atoms with van der Waals surface area (Å²) in [6.07, 6.45) is 0. The number of halogens is 1. The molecule has 1 amide bonds. The molecule has 8 heteroatoms. The van der Waals surface area contributed by atoms with Gasteiger partial charge < -0.3 is 10.1 Å². The Balaban J connectivity index is 1.54. The molecule has 0 spiro atoms. The smallest absolute Gasteiger partial charge is 0.264 e. The summed E-state index contributed by atoms with van der Waals surface area (Å²) in [4.78, 5) is 12.1. The van der Waals surface area contributed by atoms with E-state index in [2.05, 4.69) is 5.32 Å². The van der Waals surface area contributed by atoms with Crippen molar-refractivity contribution in [3.05, 3.63) is 90.2 Å². The Morgan fingerprint density at radius 3 is 2.23 bits per heavy atom. The maximum atomic E-state index is 12.9. The molecule has 0 atom stereocenters. The highest BCUT2D eigenvalue weighted by Gasteiger charge is 2.20. The van der Waals surface area contributed by atoms with Gasteiger partial charge in [-0.05, 0) is 54.1 Å². The van der Waals surface area contributed by atoms with Crippen molar-refractivity contribution >= 4 is 21.6 Å². The average molecular weight is 428 g/mol. The molecule has 0 aliphatic carbocycles. The first-order valence-electron chi connectivity index (χ1n) is 9.14. The first-order chi connectivity index (χ1) is 14.4. The topological polar surface area (TPSA) is 75.7 Å². The number of benzene rings is 3. The number of sulfonamides is 1. The van der Waals surface area contributed by atoms with Crippen LogP contribution < -0.4 is 14.4 Å². The maximum absolute atomic E-state index is 12.9. The molecule has 0 saturated heterocycles. The molecule has 0 fully saturated rings. The molecule has 6 nitrogen and oxygen atoms in total. The second-order valence-corrected chi connectivity index (χ2v) is 8.44. The summed E-state index contributed by atoms with van der Waals surface area (Å²) in [5.41, 5.74) is 1.24. The molecule has 0 saturated carbocycles. The Kier molecular flexibility index (Phi) is 6.68. The highest BCUT2D eigenvalue weighted by atomic mass is 32.2. The Bertz CT molecular complexity index is 1090. The van der Waals surface area contributed by atoms with Crippen LogP contribution in [0.3, 0.4) is 0 Å². The summed E-state index contributed by atoms with van der Waals surface area (Å²) < 4.78 is 44.8. The van der Waals surface area contributed by atoms with Crippen molar-refractivity contribution in [1.29, 1.82) is 0 Å². The van der Waals surface area contributed by atoms with E-state index < -0.39 is 10.0 Å². The van der Waals surface area contributed by atoms with E-state index in [1.807, 2.05) is 0 Å². The number of nitrogens with one attached hydrogen (secondary N) is 1. The molecule has 156 valence electrons. The number of carbonyl (C=O) groups excluding carboxylic acids is 1. The summed E-state index contributed by atoms with van der Waals surface area (Å²) in [5, 5.41) is 2.68. The quantitative estimate of drug-likeness (QED) is 0.597. The Labute approximate surface area is 175 Å². The molecular weight excluding hydrogens is 407 g/mol. The van der Waals surface area contributed by atoms with Crippen molar-refractivity contribution < 1.29 is 22.3 Å². The summed E-state index contributed by atoms with van der Waals surface area (Å²) in [5.74, 6) is -0.229. The minimum atomic E-state index is -3.66. The molecule has 30 heavy (non-hydrogen) atoms. The average Bonchev–Trinajstić information content (AvgIpc) is 2.77. The van der Waals surface area contributed by atoms with Crippen LogP contribution in [0.1, 0.15) is 5.56 Å². The fourth-order valence-electron chi connectivity index (χ4n) is 2.64. The van der Waals surface area contributed by atoms with Crippen molar-refractivity contribution in [3.8, 4) is 5.75 Å². The number of hydrogen-bond donors (Lipinski definition) is 1. The zero-order valence-corrected chi connectivity index (χ0v) is 17.1. The van der Waals surface area contributed by atoms with E-state index in [9.17, 15) is 17.6 Å². The van der Waals surface area contributed by atoms with Crippen LogP contribution in [0.4, 0.5) is 10.1 Å². The lowest BCUT2D eigenvalue weighted by atomic mass is 10.2. The van der Waals surface area contributed by atoms with Gasteiger partial charge in [-0.2, -0.15) is 0 Å². The van der Waals surface area contributed by atoms with Crippen LogP contribution in [0.25, 0.3) is 0 Å². The Hall–Kier alpha value is -3.39. The van der Waals surface area contributed by atoms with Gasteiger partial charge in [0.2, 0.25) is 0 Å². The van der Waals surface area contributed by atoms with Crippen molar-refractivity contribution in [2.75, 3.05) is 18.0 Å². The summed E-state index contributed by atoms with van der Waals surface area (Å²) in [6, 6.07) is 20.4. The standard InChI is InChI=1S/C22H21FN2O4S/c1-25(30(27,28)21-5-3-2-4-6-21)19-11-13-20(14-12-19)29-16-22(26)24-15-17-7-9-18(23)10-8-17/h2-14H,15-16H2,1H3,(H,24,26). The summed E-state index contributed by atoms with van der Waals surface area (Å²) in [6.45, 7) is 0.0717. The van der Waals surface area contributed by atoms with Gasteiger partial charge in [-0.1, -0.05) is 30.3 Å². The van der Waals surface area contributed by atoms with Crippen molar-refractivity contribution in [1.82, 2.24) is 5.32 Å². The lowest BCUT2D eigenvalue weighted by Crippen LogP contribution is -2.28. The third-order valence-electron chi connectivity index (χ3n) is 4.37. The number of rotatable bonds is 8. The van der Waals surface area contributed by atoms with Crippen molar-refractivity contribution in [2.45, 2.75) is 11.4 Å². The molecule has 0 unspecified atom stereocenters. The largest absolute Gasteiger partial charge is 0.484 e. The number of hydrogen-bond acceptors (Lipinski definition) is 4. The predicted octanol–water partition coefficient (Wildman–Crippen LogP) is 3.35.